The number of ether oxygens (including phenoxy) is 1. The van der Waals surface area contributed by atoms with Crippen LogP contribution < -0.4 is 10.2 Å². The quantitative estimate of drug-likeness (QED) is 0.326. The fourth-order valence-electron chi connectivity index (χ4n) is 3.17. The predicted molar refractivity (Wildman–Crippen MR) is 126 cm³/mol. The molecule has 0 fully saturated rings. The van der Waals surface area contributed by atoms with Gasteiger partial charge in [-0.3, -0.25) is 4.79 Å². The molecule has 1 N–H and O–H groups in total. The van der Waals surface area contributed by atoms with Crippen molar-refractivity contribution in [2.24, 2.45) is 5.10 Å². The van der Waals surface area contributed by atoms with Crippen LogP contribution in [0.5, 0.6) is 5.75 Å². The monoisotopic (exact) mass is 444 g/mol. The van der Waals surface area contributed by atoms with Gasteiger partial charge in [0.25, 0.3) is 0 Å². The minimum Gasteiger partial charge on any atom is -0.497 e. The lowest BCUT2D eigenvalue weighted by Gasteiger charge is -2.03. The molecule has 32 heavy (non-hydrogen) atoms. The van der Waals surface area contributed by atoms with Crippen molar-refractivity contribution in [3.63, 3.8) is 0 Å². The molecule has 0 saturated carbocycles. The smallest absolute Gasteiger partial charge is 0.244 e. The number of hydrogen-bond acceptors (Lipinski definition) is 4. The second kappa shape index (κ2) is 9.94. The van der Waals surface area contributed by atoms with E-state index in [0.717, 1.165) is 33.8 Å². The summed E-state index contributed by atoms with van der Waals surface area (Å²) in [7, 11) is 1.63. The van der Waals surface area contributed by atoms with Crippen LogP contribution in [0.1, 0.15) is 11.1 Å². The van der Waals surface area contributed by atoms with E-state index in [1.807, 2.05) is 72.9 Å². The van der Waals surface area contributed by atoms with Crippen LogP contribution in [0.2, 0.25) is 5.02 Å². The first-order valence-electron chi connectivity index (χ1n) is 9.98. The Balaban J connectivity index is 1.56. The van der Waals surface area contributed by atoms with Crippen molar-refractivity contribution in [2.75, 3.05) is 7.11 Å². The number of nitrogens with zero attached hydrogens (tertiary/aromatic N) is 3. The third kappa shape index (κ3) is 5.22. The van der Waals surface area contributed by atoms with Gasteiger partial charge in [0.15, 0.2) is 0 Å². The van der Waals surface area contributed by atoms with Gasteiger partial charge < -0.3 is 4.74 Å². The number of hydrazone groups is 1. The van der Waals surface area contributed by atoms with E-state index in [1.54, 1.807) is 30.1 Å². The van der Waals surface area contributed by atoms with Crippen LogP contribution in [0.25, 0.3) is 16.9 Å². The molecular formula is C25H21ClN4O2. The first kappa shape index (κ1) is 21.3. The summed E-state index contributed by atoms with van der Waals surface area (Å²) < 4.78 is 7.04. The van der Waals surface area contributed by atoms with Crippen LogP contribution >= 0.6 is 11.6 Å². The van der Waals surface area contributed by atoms with Crippen LogP contribution in [0.15, 0.2) is 90.2 Å². The van der Waals surface area contributed by atoms with Gasteiger partial charge in [0.1, 0.15) is 11.4 Å². The topological polar surface area (TPSA) is 68.5 Å². The third-order valence-corrected chi connectivity index (χ3v) is 5.05. The second-order valence-corrected chi connectivity index (χ2v) is 7.47. The van der Waals surface area contributed by atoms with Crippen LogP contribution in [-0.4, -0.2) is 29.0 Å². The third-order valence-electron chi connectivity index (χ3n) is 4.80. The van der Waals surface area contributed by atoms with E-state index in [-0.39, 0.29) is 12.3 Å². The Kier molecular flexibility index (Phi) is 6.63. The number of methoxy groups -OCH3 is 1. The molecule has 7 heteroatoms. The van der Waals surface area contributed by atoms with E-state index in [9.17, 15) is 4.79 Å². The van der Waals surface area contributed by atoms with Crippen molar-refractivity contribution in [1.82, 2.24) is 15.2 Å². The Morgan fingerprint density at radius 3 is 2.47 bits per heavy atom. The largest absolute Gasteiger partial charge is 0.497 e. The normalized spacial score (nSPS) is 10.9. The number of nitrogens with one attached hydrogen (secondary N) is 1. The number of benzene rings is 3. The fraction of sp³-hybridized carbons (Fsp3) is 0.0800. The Hall–Kier alpha value is -3.90. The lowest BCUT2D eigenvalue weighted by Crippen LogP contribution is -2.19. The Morgan fingerprint density at radius 2 is 1.78 bits per heavy atom. The summed E-state index contributed by atoms with van der Waals surface area (Å²) in [6.45, 7) is 0. The highest BCUT2D eigenvalue weighted by atomic mass is 35.5. The molecule has 6 nitrogen and oxygen atoms in total. The highest BCUT2D eigenvalue weighted by Gasteiger charge is 2.12. The van der Waals surface area contributed by atoms with Crippen molar-refractivity contribution in [1.29, 1.82) is 0 Å². The molecule has 3 aromatic carbocycles. The van der Waals surface area contributed by atoms with Crippen LogP contribution in [0.3, 0.4) is 0 Å². The molecular weight excluding hydrogens is 424 g/mol. The highest BCUT2D eigenvalue weighted by molar-refractivity contribution is 6.30. The minimum absolute atomic E-state index is 0.211. The maximum absolute atomic E-state index is 12.2. The van der Waals surface area contributed by atoms with E-state index in [0.29, 0.717) is 5.02 Å². The Bertz CT molecular complexity index is 1220. The molecule has 1 aromatic heterocycles. The first-order valence-corrected chi connectivity index (χ1v) is 10.4. The number of aromatic nitrogens is 2. The summed E-state index contributed by atoms with van der Waals surface area (Å²) in [5.41, 5.74) is 6.79. The molecule has 4 rings (SSSR count). The molecule has 0 aliphatic rings. The number of carbonyl (C=O) groups excluding carboxylic acids is 1. The molecule has 0 aliphatic heterocycles. The summed E-state index contributed by atoms with van der Waals surface area (Å²) >= 11 is 5.89. The molecule has 0 radical (unpaired) electrons. The molecule has 0 spiro atoms. The molecule has 0 aliphatic carbocycles. The van der Waals surface area contributed by atoms with Crippen molar-refractivity contribution in [3.05, 3.63) is 101 Å². The van der Waals surface area contributed by atoms with E-state index in [4.69, 9.17) is 21.4 Å². The number of rotatable bonds is 7. The van der Waals surface area contributed by atoms with Crippen LogP contribution in [-0.2, 0) is 11.2 Å². The van der Waals surface area contributed by atoms with E-state index in [2.05, 4.69) is 10.5 Å². The number of carbonyl (C=O) groups is 1. The molecule has 0 unspecified atom stereocenters. The standard InChI is InChI=1S/C25H21ClN4O2/c1-32-23-13-9-19(10-14-23)25-20(17-30(29-25)22-5-3-2-4-6-22)16-27-28-24(31)15-18-7-11-21(26)12-8-18/h2-14,16-17H,15H2,1H3,(H,28,31)/b27-16-. The van der Waals surface area contributed by atoms with E-state index >= 15 is 0 Å². The van der Waals surface area contributed by atoms with Crippen LogP contribution in [0.4, 0.5) is 0 Å². The maximum atomic E-state index is 12.2. The Labute approximate surface area is 191 Å². The number of amides is 1. The summed E-state index contributed by atoms with van der Waals surface area (Å²) in [5.74, 6) is 0.547. The van der Waals surface area contributed by atoms with Crippen molar-refractivity contribution in [3.8, 4) is 22.7 Å². The lowest BCUT2D eigenvalue weighted by molar-refractivity contribution is -0.120. The molecule has 160 valence electrons. The van der Waals surface area contributed by atoms with Crippen molar-refractivity contribution in [2.45, 2.75) is 6.42 Å². The second-order valence-electron chi connectivity index (χ2n) is 7.04. The van der Waals surface area contributed by atoms with Gasteiger partial charge in [0, 0.05) is 22.3 Å². The molecule has 0 atom stereocenters. The predicted octanol–water partition coefficient (Wildman–Crippen LogP) is 4.89. The zero-order valence-corrected chi connectivity index (χ0v) is 18.2. The van der Waals surface area contributed by atoms with E-state index in [1.165, 1.54) is 0 Å². The average molecular weight is 445 g/mol. The highest BCUT2D eigenvalue weighted by Crippen LogP contribution is 2.25. The minimum atomic E-state index is -0.218. The summed E-state index contributed by atoms with van der Waals surface area (Å²) in [4.78, 5) is 12.2. The summed E-state index contributed by atoms with van der Waals surface area (Å²) in [5, 5.41) is 9.53. The molecule has 4 aromatic rings. The van der Waals surface area contributed by atoms with Gasteiger partial charge in [0.05, 0.1) is 25.4 Å². The van der Waals surface area contributed by atoms with Gasteiger partial charge in [-0.1, -0.05) is 41.9 Å². The summed E-state index contributed by atoms with van der Waals surface area (Å²) in [6, 6.07) is 24.6. The fourth-order valence-corrected chi connectivity index (χ4v) is 3.29. The van der Waals surface area contributed by atoms with Crippen molar-refractivity contribution >= 4 is 23.7 Å². The molecule has 1 amide bonds. The first-order chi connectivity index (χ1) is 15.6. The van der Waals surface area contributed by atoms with Gasteiger partial charge in [-0.15, -0.1) is 0 Å². The summed E-state index contributed by atoms with van der Waals surface area (Å²) in [6.07, 6.45) is 3.69. The van der Waals surface area contributed by atoms with Gasteiger partial charge in [-0.05, 0) is 54.1 Å². The van der Waals surface area contributed by atoms with Gasteiger partial charge in [-0.2, -0.15) is 10.2 Å². The van der Waals surface area contributed by atoms with E-state index < -0.39 is 0 Å². The SMILES string of the molecule is COc1ccc(-c2nn(-c3ccccc3)cc2/C=N\NC(=O)Cc2ccc(Cl)cc2)cc1. The van der Waals surface area contributed by atoms with Crippen LogP contribution in [0, 0.1) is 0 Å². The average Bonchev–Trinajstić information content (AvgIpc) is 3.25. The molecule has 0 saturated heterocycles. The maximum Gasteiger partial charge on any atom is 0.244 e. The number of halogens is 1. The van der Waals surface area contributed by atoms with Gasteiger partial charge in [0.2, 0.25) is 5.91 Å². The zero-order chi connectivity index (χ0) is 22.3. The van der Waals surface area contributed by atoms with Crippen molar-refractivity contribution < 1.29 is 9.53 Å². The van der Waals surface area contributed by atoms with Gasteiger partial charge >= 0.3 is 0 Å². The number of hydrogen-bond donors (Lipinski definition) is 1. The molecule has 1 heterocycles. The molecule has 0 bridgehead atoms. The van der Waals surface area contributed by atoms with Gasteiger partial charge in [-0.25, -0.2) is 10.1 Å². The lowest BCUT2D eigenvalue weighted by atomic mass is 10.1. The number of para-hydroxylation sites is 1. The zero-order valence-electron chi connectivity index (χ0n) is 17.4. The Morgan fingerprint density at radius 1 is 1.06 bits per heavy atom.